The number of hydrogen-bond donors (Lipinski definition) is 1. The van der Waals surface area contributed by atoms with Crippen molar-refractivity contribution in [2.45, 2.75) is 13.0 Å². The molecule has 23 heavy (non-hydrogen) atoms. The second kappa shape index (κ2) is 7.35. The molecule has 1 amide bonds. The summed E-state index contributed by atoms with van der Waals surface area (Å²) < 4.78 is 18.1. The maximum absolute atomic E-state index is 12.9. The minimum atomic E-state index is -0.538. The second-order valence-electron chi connectivity index (χ2n) is 4.88. The lowest BCUT2D eigenvalue weighted by Crippen LogP contribution is -2.31. The second-order valence-corrected chi connectivity index (χ2v) is 4.88. The lowest BCUT2D eigenvalue weighted by Gasteiger charge is -2.14. The van der Waals surface area contributed by atoms with E-state index in [0.29, 0.717) is 0 Å². The van der Waals surface area contributed by atoms with Gasteiger partial charge >= 0.3 is 0 Å². The van der Waals surface area contributed by atoms with Crippen molar-refractivity contribution in [2.24, 2.45) is 0 Å². The molecule has 1 N–H and O–H groups in total. The van der Waals surface area contributed by atoms with E-state index in [1.165, 1.54) is 36.4 Å². The van der Waals surface area contributed by atoms with Crippen molar-refractivity contribution in [1.82, 2.24) is 5.32 Å². The van der Waals surface area contributed by atoms with Gasteiger partial charge in [0.2, 0.25) is 0 Å². The molecule has 0 bridgehead atoms. The summed E-state index contributed by atoms with van der Waals surface area (Å²) in [6.45, 7) is 1.49. The summed E-state index contributed by atoms with van der Waals surface area (Å²) in [4.78, 5) is 22.0. The van der Waals surface area contributed by atoms with Crippen LogP contribution in [0.15, 0.2) is 48.5 Å². The smallest absolute Gasteiger partial charge is 0.273 e. The Kier molecular flexibility index (Phi) is 5.24. The Balaban J connectivity index is 1.88. The maximum atomic E-state index is 12.9. The Labute approximate surface area is 132 Å². The highest BCUT2D eigenvalue weighted by Crippen LogP contribution is 2.19. The van der Waals surface area contributed by atoms with Crippen LogP contribution in [0, 0.1) is 15.9 Å². The summed E-state index contributed by atoms with van der Waals surface area (Å²) in [5.74, 6) is -0.488. The first-order valence-corrected chi connectivity index (χ1v) is 6.88. The van der Waals surface area contributed by atoms with E-state index in [1.807, 2.05) is 0 Å². The molecule has 0 radical (unpaired) electrons. The molecule has 0 aliphatic heterocycles. The summed E-state index contributed by atoms with van der Waals surface area (Å²) in [5, 5.41) is 13.4. The van der Waals surface area contributed by atoms with Crippen LogP contribution >= 0.6 is 0 Å². The van der Waals surface area contributed by atoms with Crippen LogP contribution in [0.25, 0.3) is 0 Å². The molecule has 0 spiro atoms. The number of carbonyl (C=O) groups excluding carboxylic acids is 1. The van der Waals surface area contributed by atoms with Crippen LogP contribution in [0.4, 0.5) is 10.1 Å². The van der Waals surface area contributed by atoms with Gasteiger partial charge < -0.3 is 10.1 Å². The number of nitro groups is 1. The predicted octanol–water partition coefficient (Wildman–Crippen LogP) is 2.99. The van der Waals surface area contributed by atoms with Crippen molar-refractivity contribution in [2.75, 3.05) is 6.61 Å². The fourth-order valence-corrected chi connectivity index (χ4v) is 1.95. The van der Waals surface area contributed by atoms with Gasteiger partial charge in [-0.25, -0.2) is 4.39 Å². The molecule has 7 heteroatoms. The third-order valence-electron chi connectivity index (χ3n) is 3.15. The van der Waals surface area contributed by atoms with Gasteiger partial charge in [-0.3, -0.25) is 14.9 Å². The number of amides is 1. The number of nitrogens with zero attached hydrogens (tertiary/aromatic N) is 1. The van der Waals surface area contributed by atoms with Gasteiger partial charge in [-0.2, -0.15) is 0 Å². The zero-order valence-electron chi connectivity index (χ0n) is 12.4. The van der Waals surface area contributed by atoms with Crippen LogP contribution in [0.1, 0.15) is 18.5 Å². The number of hydrogen-bond acceptors (Lipinski definition) is 4. The first kappa shape index (κ1) is 16.4. The standard InChI is InChI=1S/C16H15FN2O4/c1-11(12-5-7-13(17)8-6-12)18-16(20)10-23-15-4-2-3-14(9-15)19(21)22/h2-9,11H,10H2,1H3,(H,18,20). The molecule has 0 aromatic heterocycles. The van der Waals surface area contributed by atoms with E-state index in [4.69, 9.17) is 4.74 Å². The van der Waals surface area contributed by atoms with Gasteiger partial charge in [-0.15, -0.1) is 0 Å². The number of carbonyl (C=O) groups is 1. The molecule has 2 aromatic rings. The van der Waals surface area contributed by atoms with E-state index < -0.39 is 4.92 Å². The molecule has 1 unspecified atom stereocenters. The molecule has 6 nitrogen and oxygen atoms in total. The lowest BCUT2D eigenvalue weighted by molar-refractivity contribution is -0.384. The van der Waals surface area contributed by atoms with Gasteiger partial charge in [0.1, 0.15) is 11.6 Å². The van der Waals surface area contributed by atoms with Crippen LogP contribution in [0.5, 0.6) is 5.75 Å². The van der Waals surface area contributed by atoms with Crippen LogP contribution < -0.4 is 10.1 Å². The molecule has 120 valence electrons. The molecule has 0 saturated carbocycles. The Bertz CT molecular complexity index is 703. The minimum Gasteiger partial charge on any atom is -0.484 e. The highest BCUT2D eigenvalue weighted by atomic mass is 19.1. The Hall–Kier alpha value is -2.96. The fraction of sp³-hybridized carbons (Fsp3) is 0.188. The third-order valence-corrected chi connectivity index (χ3v) is 3.15. The van der Waals surface area contributed by atoms with E-state index in [-0.39, 0.29) is 35.8 Å². The molecule has 1 atom stereocenters. The normalized spacial score (nSPS) is 11.6. The fourth-order valence-electron chi connectivity index (χ4n) is 1.95. The molecule has 0 aliphatic rings. The first-order valence-electron chi connectivity index (χ1n) is 6.88. The zero-order chi connectivity index (χ0) is 16.8. The Morgan fingerprint density at radius 1 is 1.30 bits per heavy atom. The van der Waals surface area contributed by atoms with Crippen molar-refractivity contribution >= 4 is 11.6 Å². The number of rotatable bonds is 6. The average molecular weight is 318 g/mol. The van der Waals surface area contributed by atoms with Gasteiger partial charge in [0.15, 0.2) is 6.61 Å². The van der Waals surface area contributed by atoms with Gasteiger partial charge in [0, 0.05) is 6.07 Å². The van der Waals surface area contributed by atoms with Gasteiger partial charge in [0.25, 0.3) is 11.6 Å². The number of non-ortho nitro benzene ring substituents is 1. The topological polar surface area (TPSA) is 81.5 Å². The predicted molar refractivity (Wildman–Crippen MR) is 81.5 cm³/mol. The molecule has 2 aromatic carbocycles. The van der Waals surface area contributed by atoms with Crippen LogP contribution in [-0.2, 0) is 4.79 Å². The lowest BCUT2D eigenvalue weighted by atomic mass is 10.1. The number of nitrogens with one attached hydrogen (secondary N) is 1. The molecule has 0 heterocycles. The number of nitro benzene ring substituents is 1. The molecular formula is C16H15FN2O4. The summed E-state index contributed by atoms with van der Waals surface area (Å²) >= 11 is 0. The third kappa shape index (κ3) is 4.77. The summed E-state index contributed by atoms with van der Waals surface area (Å²) in [6, 6.07) is 11.1. The monoisotopic (exact) mass is 318 g/mol. The summed E-state index contributed by atoms with van der Waals surface area (Å²) in [6.07, 6.45) is 0. The molecule has 0 fully saturated rings. The summed E-state index contributed by atoms with van der Waals surface area (Å²) in [5.41, 5.74) is 0.651. The molecule has 0 saturated heterocycles. The van der Waals surface area contributed by atoms with E-state index >= 15 is 0 Å². The maximum Gasteiger partial charge on any atom is 0.273 e. The van der Waals surface area contributed by atoms with Gasteiger partial charge in [-0.1, -0.05) is 18.2 Å². The quantitative estimate of drug-likeness (QED) is 0.656. The number of benzene rings is 2. The average Bonchev–Trinajstić information content (AvgIpc) is 2.53. The number of halogens is 1. The summed E-state index contributed by atoms with van der Waals surface area (Å²) in [7, 11) is 0. The highest BCUT2D eigenvalue weighted by Gasteiger charge is 2.11. The van der Waals surface area contributed by atoms with Crippen LogP contribution in [0.2, 0.25) is 0 Å². The van der Waals surface area contributed by atoms with Crippen molar-refractivity contribution in [3.05, 3.63) is 70.0 Å². The Morgan fingerprint density at radius 3 is 2.65 bits per heavy atom. The van der Waals surface area contributed by atoms with Gasteiger partial charge in [0.05, 0.1) is 17.0 Å². The Morgan fingerprint density at radius 2 is 2.00 bits per heavy atom. The molecule has 0 aliphatic carbocycles. The van der Waals surface area contributed by atoms with Crippen molar-refractivity contribution < 1.29 is 18.8 Å². The van der Waals surface area contributed by atoms with Crippen molar-refractivity contribution in [1.29, 1.82) is 0 Å². The van der Waals surface area contributed by atoms with Crippen molar-refractivity contribution in [3.8, 4) is 5.75 Å². The van der Waals surface area contributed by atoms with Crippen molar-refractivity contribution in [3.63, 3.8) is 0 Å². The van der Waals surface area contributed by atoms with Crippen LogP contribution in [-0.4, -0.2) is 17.4 Å². The highest BCUT2D eigenvalue weighted by molar-refractivity contribution is 5.78. The SMILES string of the molecule is CC(NC(=O)COc1cccc([N+](=O)[O-])c1)c1ccc(F)cc1. The first-order chi connectivity index (χ1) is 11.0. The molecule has 2 rings (SSSR count). The van der Waals surface area contributed by atoms with Crippen LogP contribution in [0.3, 0.4) is 0 Å². The van der Waals surface area contributed by atoms with Gasteiger partial charge in [-0.05, 0) is 30.7 Å². The minimum absolute atomic E-state index is 0.109. The largest absolute Gasteiger partial charge is 0.484 e. The van der Waals surface area contributed by atoms with E-state index in [1.54, 1.807) is 19.1 Å². The van der Waals surface area contributed by atoms with E-state index in [0.717, 1.165) is 5.56 Å². The molecular weight excluding hydrogens is 303 g/mol. The van der Waals surface area contributed by atoms with E-state index in [2.05, 4.69) is 5.32 Å². The van der Waals surface area contributed by atoms with E-state index in [9.17, 15) is 19.3 Å². The zero-order valence-corrected chi connectivity index (χ0v) is 12.4. The number of ether oxygens (including phenoxy) is 1.